The zero-order chi connectivity index (χ0) is 7.11. The number of nitriles is 1. The van der Waals surface area contributed by atoms with E-state index in [-0.39, 0.29) is 5.92 Å². The molecule has 0 saturated carbocycles. The first-order chi connectivity index (χ1) is 4.31. The van der Waals surface area contributed by atoms with Gasteiger partial charge in [0.15, 0.2) is 0 Å². The van der Waals surface area contributed by atoms with Crippen LogP contribution in [-0.2, 0) is 0 Å². The predicted octanol–water partition coefficient (Wildman–Crippen LogP) is 2.73. The lowest BCUT2D eigenvalue weighted by Gasteiger charge is -1.98. The molecule has 9 heavy (non-hydrogen) atoms. The van der Waals surface area contributed by atoms with Gasteiger partial charge in [0.1, 0.15) is 0 Å². The molecule has 0 aromatic rings. The maximum Gasteiger partial charge on any atom is 0.0652 e. The molecule has 1 nitrogen and oxygen atoms in total. The first-order valence-electron chi connectivity index (χ1n) is 3.70. The van der Waals surface area contributed by atoms with Crippen LogP contribution in [0.5, 0.6) is 0 Å². The van der Waals surface area contributed by atoms with Crippen LogP contribution in [-0.4, -0.2) is 0 Å². The third-order valence-electron chi connectivity index (χ3n) is 1.46. The second-order valence-electron chi connectivity index (χ2n) is 2.53. The Morgan fingerprint density at radius 3 is 2.56 bits per heavy atom. The molecule has 0 aromatic heterocycles. The van der Waals surface area contributed by atoms with Crippen LogP contribution in [0.2, 0.25) is 0 Å². The van der Waals surface area contributed by atoms with Crippen LogP contribution in [0.1, 0.15) is 39.5 Å². The topological polar surface area (TPSA) is 23.8 Å². The number of hydrogen-bond acceptors (Lipinski definition) is 1. The molecule has 0 radical (unpaired) electrons. The van der Waals surface area contributed by atoms with Gasteiger partial charge < -0.3 is 0 Å². The average molecular weight is 125 g/mol. The van der Waals surface area contributed by atoms with E-state index in [2.05, 4.69) is 13.0 Å². The van der Waals surface area contributed by atoms with E-state index in [9.17, 15) is 0 Å². The summed E-state index contributed by atoms with van der Waals surface area (Å²) in [6.07, 6.45) is 4.81. The van der Waals surface area contributed by atoms with E-state index >= 15 is 0 Å². The average Bonchev–Trinajstić information content (AvgIpc) is 1.89. The Kier molecular flexibility index (Phi) is 5.30. The van der Waals surface area contributed by atoms with E-state index in [0.717, 1.165) is 6.42 Å². The van der Waals surface area contributed by atoms with E-state index in [4.69, 9.17) is 5.26 Å². The van der Waals surface area contributed by atoms with Crippen LogP contribution in [0.25, 0.3) is 0 Å². The van der Waals surface area contributed by atoms with Gasteiger partial charge in [-0.05, 0) is 13.3 Å². The van der Waals surface area contributed by atoms with Crippen molar-refractivity contribution in [1.29, 1.82) is 5.26 Å². The van der Waals surface area contributed by atoms with Gasteiger partial charge >= 0.3 is 0 Å². The van der Waals surface area contributed by atoms with Crippen LogP contribution in [0.15, 0.2) is 0 Å². The normalized spacial score (nSPS) is 12.6. The Hall–Kier alpha value is -0.510. The predicted molar refractivity (Wildman–Crippen MR) is 38.9 cm³/mol. The number of hydrogen-bond donors (Lipinski definition) is 0. The van der Waals surface area contributed by atoms with Crippen molar-refractivity contribution >= 4 is 0 Å². The summed E-state index contributed by atoms with van der Waals surface area (Å²) in [6, 6.07) is 2.22. The van der Waals surface area contributed by atoms with E-state index in [1.54, 1.807) is 0 Å². The molecule has 0 aliphatic rings. The molecule has 52 valence electrons. The van der Waals surface area contributed by atoms with Crippen molar-refractivity contribution in [2.75, 3.05) is 0 Å². The van der Waals surface area contributed by atoms with Gasteiger partial charge in [-0.1, -0.05) is 26.2 Å². The second-order valence-corrected chi connectivity index (χ2v) is 2.53. The molecule has 0 aromatic carbocycles. The molecule has 0 bridgehead atoms. The van der Waals surface area contributed by atoms with Gasteiger partial charge in [0, 0.05) is 5.92 Å². The molecule has 0 fully saturated rings. The highest BCUT2D eigenvalue weighted by Gasteiger charge is 1.96. The molecule has 1 atom stereocenters. The Bertz CT molecular complexity index is 91.2. The molecule has 0 N–H and O–H groups in total. The van der Waals surface area contributed by atoms with Gasteiger partial charge in [0.05, 0.1) is 6.07 Å². The minimum Gasteiger partial charge on any atom is -0.198 e. The van der Waals surface area contributed by atoms with E-state index in [1.807, 2.05) is 6.92 Å². The molecule has 0 rings (SSSR count). The Morgan fingerprint density at radius 1 is 1.44 bits per heavy atom. The number of nitrogens with zero attached hydrogens (tertiary/aromatic N) is 1. The second kappa shape index (κ2) is 5.62. The van der Waals surface area contributed by atoms with E-state index in [1.165, 1.54) is 19.3 Å². The smallest absolute Gasteiger partial charge is 0.0652 e. The van der Waals surface area contributed by atoms with Crippen molar-refractivity contribution in [1.82, 2.24) is 0 Å². The van der Waals surface area contributed by atoms with Crippen LogP contribution < -0.4 is 0 Å². The van der Waals surface area contributed by atoms with Crippen LogP contribution in [0, 0.1) is 17.2 Å². The maximum atomic E-state index is 8.38. The summed E-state index contributed by atoms with van der Waals surface area (Å²) in [4.78, 5) is 0. The van der Waals surface area contributed by atoms with Crippen LogP contribution >= 0.6 is 0 Å². The third kappa shape index (κ3) is 5.36. The lowest BCUT2D eigenvalue weighted by molar-refractivity contribution is 0.584. The van der Waals surface area contributed by atoms with Crippen molar-refractivity contribution in [2.45, 2.75) is 39.5 Å². The summed E-state index contributed by atoms with van der Waals surface area (Å²) in [5, 5.41) is 8.38. The summed E-state index contributed by atoms with van der Waals surface area (Å²) in [5.41, 5.74) is 0. The van der Waals surface area contributed by atoms with Gasteiger partial charge in [-0.3, -0.25) is 0 Å². The fraction of sp³-hybridized carbons (Fsp3) is 0.875. The van der Waals surface area contributed by atoms with Crippen LogP contribution in [0.3, 0.4) is 0 Å². The molecule has 0 aliphatic heterocycles. The summed E-state index contributed by atoms with van der Waals surface area (Å²) in [6.45, 7) is 4.16. The molecular weight excluding hydrogens is 110 g/mol. The lowest BCUT2D eigenvalue weighted by atomic mass is 10.1. The quantitative estimate of drug-likeness (QED) is 0.530. The van der Waals surface area contributed by atoms with Gasteiger partial charge in [-0.25, -0.2) is 0 Å². The largest absolute Gasteiger partial charge is 0.198 e. The Morgan fingerprint density at radius 2 is 2.11 bits per heavy atom. The van der Waals surface area contributed by atoms with Crippen molar-refractivity contribution in [3.63, 3.8) is 0 Å². The van der Waals surface area contributed by atoms with Gasteiger partial charge in [-0.15, -0.1) is 0 Å². The Labute approximate surface area is 57.7 Å². The molecule has 0 spiro atoms. The molecule has 0 amide bonds. The summed E-state index contributed by atoms with van der Waals surface area (Å²) in [7, 11) is 0. The van der Waals surface area contributed by atoms with Crippen molar-refractivity contribution in [2.24, 2.45) is 5.92 Å². The highest BCUT2D eigenvalue weighted by molar-refractivity contribution is 4.77. The molecule has 1 heteroatoms. The fourth-order valence-corrected chi connectivity index (χ4v) is 0.765. The molecule has 0 saturated heterocycles. The zero-order valence-electron chi connectivity index (χ0n) is 6.35. The SMILES string of the molecule is CCCCCC(C)C#N. The monoisotopic (exact) mass is 125 g/mol. The highest BCUT2D eigenvalue weighted by Crippen LogP contribution is 2.06. The first-order valence-corrected chi connectivity index (χ1v) is 3.70. The molecular formula is C8H15N. The van der Waals surface area contributed by atoms with Crippen molar-refractivity contribution in [3.8, 4) is 6.07 Å². The summed E-state index contributed by atoms with van der Waals surface area (Å²) in [5.74, 6) is 0.261. The first kappa shape index (κ1) is 8.49. The molecule has 0 aliphatic carbocycles. The Balaban J connectivity index is 2.99. The fourth-order valence-electron chi connectivity index (χ4n) is 0.765. The van der Waals surface area contributed by atoms with Crippen LogP contribution in [0.4, 0.5) is 0 Å². The van der Waals surface area contributed by atoms with Crippen molar-refractivity contribution in [3.05, 3.63) is 0 Å². The highest BCUT2D eigenvalue weighted by atomic mass is 14.2. The van der Waals surface area contributed by atoms with E-state index < -0.39 is 0 Å². The minimum atomic E-state index is 0.261. The maximum absolute atomic E-state index is 8.38. The zero-order valence-corrected chi connectivity index (χ0v) is 6.35. The number of rotatable bonds is 4. The molecule has 0 heterocycles. The van der Waals surface area contributed by atoms with Crippen molar-refractivity contribution < 1.29 is 0 Å². The minimum absolute atomic E-state index is 0.261. The van der Waals surface area contributed by atoms with E-state index in [0.29, 0.717) is 0 Å². The van der Waals surface area contributed by atoms with Gasteiger partial charge in [0.25, 0.3) is 0 Å². The molecule has 1 unspecified atom stereocenters. The lowest BCUT2D eigenvalue weighted by Crippen LogP contribution is -1.88. The van der Waals surface area contributed by atoms with Gasteiger partial charge in [0.2, 0.25) is 0 Å². The summed E-state index contributed by atoms with van der Waals surface area (Å²) >= 11 is 0. The standard InChI is InChI=1S/C8H15N/c1-3-4-5-6-8(2)7-9/h8H,3-6H2,1-2H3. The van der Waals surface area contributed by atoms with Gasteiger partial charge in [-0.2, -0.15) is 5.26 Å². The third-order valence-corrected chi connectivity index (χ3v) is 1.46. The number of unbranched alkanes of at least 4 members (excludes halogenated alkanes) is 2. The summed E-state index contributed by atoms with van der Waals surface area (Å²) < 4.78 is 0.